The first-order valence-corrected chi connectivity index (χ1v) is 8.25. The molecule has 0 aromatic carbocycles. The van der Waals surface area contributed by atoms with Gasteiger partial charge in [0.25, 0.3) is 0 Å². The molecule has 0 spiro atoms. The number of aliphatic imine (C=N–C) groups is 1. The first kappa shape index (κ1) is 16.9. The Bertz CT molecular complexity index is 707. The van der Waals surface area contributed by atoms with Gasteiger partial charge >= 0.3 is 0 Å². The van der Waals surface area contributed by atoms with Gasteiger partial charge in [-0.3, -0.25) is 4.99 Å². The number of amidine groups is 1. The van der Waals surface area contributed by atoms with Crippen LogP contribution in [0.2, 0.25) is 0 Å². The molecule has 3 rings (SSSR count). The first-order valence-electron chi connectivity index (χ1n) is 8.25. The Morgan fingerprint density at radius 2 is 2.08 bits per heavy atom. The fraction of sp³-hybridized carbons (Fsp3) is 0.556. The Hall–Kier alpha value is -1.95. The van der Waals surface area contributed by atoms with Crippen molar-refractivity contribution < 1.29 is 9.50 Å². The van der Waals surface area contributed by atoms with E-state index in [-0.39, 0.29) is 11.5 Å². The smallest absolute Gasteiger partial charge is 0.218 e. The standard InChI is InChI=1S/C18H25FN4O/c1-11-8-12(15(19)20-9-11)13-6-7-14-16(21-13)22(5)17(24)23(14)10-18(2,3)4/h7-9,13,17,24H,6,10H2,1-5H3. The van der Waals surface area contributed by atoms with Crippen LogP contribution in [-0.4, -0.2) is 45.7 Å². The number of hydrogen-bond acceptors (Lipinski definition) is 5. The number of aliphatic hydroxyl groups is 1. The molecule has 0 saturated carbocycles. The lowest BCUT2D eigenvalue weighted by Gasteiger charge is -2.31. The molecule has 2 atom stereocenters. The summed E-state index contributed by atoms with van der Waals surface area (Å²) in [5.41, 5.74) is 2.39. The number of rotatable bonds is 2. The minimum absolute atomic E-state index is 0.0432. The van der Waals surface area contributed by atoms with Crippen LogP contribution in [0, 0.1) is 18.3 Å². The molecule has 24 heavy (non-hydrogen) atoms. The summed E-state index contributed by atoms with van der Waals surface area (Å²) in [4.78, 5) is 12.2. The molecule has 1 aromatic rings. The highest BCUT2D eigenvalue weighted by molar-refractivity contribution is 6.00. The number of nitrogens with zero attached hydrogens (tertiary/aromatic N) is 4. The average molecular weight is 332 g/mol. The van der Waals surface area contributed by atoms with Gasteiger partial charge in [-0.15, -0.1) is 0 Å². The number of aromatic nitrogens is 1. The second-order valence-electron chi connectivity index (χ2n) is 7.83. The lowest BCUT2D eigenvalue weighted by atomic mass is 9.95. The van der Waals surface area contributed by atoms with Crippen LogP contribution in [0.4, 0.5) is 4.39 Å². The van der Waals surface area contributed by atoms with Crippen molar-refractivity contribution in [2.45, 2.75) is 46.5 Å². The van der Waals surface area contributed by atoms with E-state index in [4.69, 9.17) is 4.99 Å². The van der Waals surface area contributed by atoms with E-state index in [2.05, 4.69) is 25.8 Å². The van der Waals surface area contributed by atoms with E-state index in [1.54, 1.807) is 11.0 Å². The van der Waals surface area contributed by atoms with Gasteiger partial charge in [-0.1, -0.05) is 26.8 Å². The lowest BCUT2D eigenvalue weighted by Crippen LogP contribution is -2.40. The summed E-state index contributed by atoms with van der Waals surface area (Å²) in [6, 6.07) is 1.49. The van der Waals surface area contributed by atoms with Gasteiger partial charge in [0, 0.05) is 25.4 Å². The molecule has 0 amide bonds. The van der Waals surface area contributed by atoms with Crippen molar-refractivity contribution in [3.63, 3.8) is 0 Å². The third-order valence-electron chi connectivity index (χ3n) is 4.32. The van der Waals surface area contributed by atoms with Crippen molar-refractivity contribution >= 4 is 5.84 Å². The predicted molar refractivity (Wildman–Crippen MR) is 91.7 cm³/mol. The van der Waals surface area contributed by atoms with Crippen LogP contribution in [0.15, 0.2) is 29.0 Å². The molecule has 3 heterocycles. The number of halogens is 1. The van der Waals surface area contributed by atoms with Crippen LogP contribution in [0.5, 0.6) is 0 Å². The number of likely N-dealkylation sites (N-methyl/N-ethyl adjacent to an activating group) is 1. The Kier molecular flexibility index (Phi) is 4.11. The highest BCUT2D eigenvalue weighted by Gasteiger charge is 2.40. The van der Waals surface area contributed by atoms with E-state index < -0.39 is 12.3 Å². The highest BCUT2D eigenvalue weighted by atomic mass is 19.1. The molecule has 1 N–H and O–H groups in total. The predicted octanol–water partition coefficient (Wildman–Crippen LogP) is 2.83. The topological polar surface area (TPSA) is 52.0 Å². The van der Waals surface area contributed by atoms with Crippen molar-refractivity contribution in [1.29, 1.82) is 0 Å². The minimum Gasteiger partial charge on any atom is -0.356 e. The van der Waals surface area contributed by atoms with E-state index in [0.717, 1.165) is 11.3 Å². The summed E-state index contributed by atoms with van der Waals surface area (Å²) in [7, 11) is 1.81. The van der Waals surface area contributed by atoms with Gasteiger partial charge in [0.2, 0.25) is 12.3 Å². The Labute approximate surface area is 142 Å². The van der Waals surface area contributed by atoms with Crippen LogP contribution in [0.25, 0.3) is 0 Å². The number of dihydropyridines is 1. The van der Waals surface area contributed by atoms with Crippen LogP contribution in [0.1, 0.15) is 44.4 Å². The zero-order chi connectivity index (χ0) is 17.6. The summed E-state index contributed by atoms with van der Waals surface area (Å²) in [5.74, 6) is 0.239. The van der Waals surface area contributed by atoms with Crippen molar-refractivity contribution in [3.05, 3.63) is 41.1 Å². The molecular formula is C18H25FN4O. The zero-order valence-corrected chi connectivity index (χ0v) is 14.9. The molecule has 0 radical (unpaired) electrons. The largest absolute Gasteiger partial charge is 0.356 e. The monoisotopic (exact) mass is 332 g/mol. The number of aliphatic hydroxyl groups excluding tert-OH is 1. The molecule has 1 saturated heterocycles. The molecular weight excluding hydrogens is 307 g/mol. The summed E-state index contributed by atoms with van der Waals surface area (Å²) in [5, 5.41) is 10.6. The van der Waals surface area contributed by atoms with Crippen molar-refractivity contribution in [1.82, 2.24) is 14.8 Å². The third kappa shape index (κ3) is 3.02. The maximum Gasteiger partial charge on any atom is 0.218 e. The fourth-order valence-corrected chi connectivity index (χ4v) is 3.22. The summed E-state index contributed by atoms with van der Waals surface area (Å²) < 4.78 is 14.1. The van der Waals surface area contributed by atoms with Crippen molar-refractivity contribution in [2.24, 2.45) is 10.4 Å². The summed E-state index contributed by atoms with van der Waals surface area (Å²) in [6.45, 7) is 9.01. The molecule has 1 aromatic heterocycles. The van der Waals surface area contributed by atoms with Crippen LogP contribution >= 0.6 is 0 Å². The molecule has 6 heteroatoms. The molecule has 130 valence electrons. The maximum absolute atomic E-state index is 14.1. The van der Waals surface area contributed by atoms with E-state index in [1.807, 2.05) is 24.9 Å². The Balaban J connectivity index is 1.93. The minimum atomic E-state index is -0.742. The number of hydrogen-bond donors (Lipinski definition) is 1. The van der Waals surface area contributed by atoms with Crippen molar-refractivity contribution in [3.8, 4) is 0 Å². The lowest BCUT2D eigenvalue weighted by molar-refractivity contribution is -0.0393. The second kappa shape index (κ2) is 5.84. The summed E-state index contributed by atoms with van der Waals surface area (Å²) >= 11 is 0. The molecule has 1 fully saturated rings. The zero-order valence-electron chi connectivity index (χ0n) is 14.9. The highest BCUT2D eigenvalue weighted by Crippen LogP contribution is 2.36. The fourth-order valence-electron chi connectivity index (χ4n) is 3.22. The average Bonchev–Trinajstić information content (AvgIpc) is 2.73. The molecule has 0 aliphatic carbocycles. The SMILES string of the molecule is Cc1cnc(F)c(C2CC=C3C(=N2)N(C)C(O)N3CC(C)(C)C)c1. The Morgan fingerprint density at radius 1 is 1.38 bits per heavy atom. The molecule has 0 bridgehead atoms. The van der Waals surface area contributed by atoms with Crippen LogP contribution in [0.3, 0.4) is 0 Å². The quantitative estimate of drug-likeness (QED) is 0.846. The number of aryl methyl sites for hydroxylation is 1. The molecule has 2 aliphatic heterocycles. The maximum atomic E-state index is 14.1. The number of fused-ring (bicyclic) bond motifs is 1. The van der Waals surface area contributed by atoms with Crippen molar-refractivity contribution in [2.75, 3.05) is 13.6 Å². The summed E-state index contributed by atoms with van der Waals surface area (Å²) in [6.07, 6.45) is 3.43. The van der Waals surface area contributed by atoms with Gasteiger partial charge < -0.3 is 14.9 Å². The second-order valence-corrected chi connectivity index (χ2v) is 7.83. The van der Waals surface area contributed by atoms with E-state index in [0.29, 0.717) is 24.4 Å². The van der Waals surface area contributed by atoms with E-state index >= 15 is 0 Å². The normalized spacial score (nSPS) is 24.0. The molecule has 2 unspecified atom stereocenters. The van der Waals surface area contributed by atoms with E-state index in [1.165, 1.54) is 6.20 Å². The van der Waals surface area contributed by atoms with Gasteiger partial charge in [-0.25, -0.2) is 4.98 Å². The Morgan fingerprint density at radius 3 is 2.75 bits per heavy atom. The first-order chi connectivity index (χ1) is 11.2. The number of pyridine rings is 1. The third-order valence-corrected chi connectivity index (χ3v) is 4.32. The van der Waals surface area contributed by atoms with Crippen LogP contribution in [-0.2, 0) is 0 Å². The molecule has 5 nitrogen and oxygen atoms in total. The van der Waals surface area contributed by atoms with Gasteiger partial charge in [-0.05, 0) is 30.4 Å². The van der Waals surface area contributed by atoms with Gasteiger partial charge in [-0.2, -0.15) is 4.39 Å². The van der Waals surface area contributed by atoms with Crippen LogP contribution < -0.4 is 0 Å². The van der Waals surface area contributed by atoms with Gasteiger partial charge in [0.1, 0.15) is 0 Å². The molecule has 2 aliphatic rings. The van der Waals surface area contributed by atoms with E-state index in [9.17, 15) is 9.50 Å². The van der Waals surface area contributed by atoms with Gasteiger partial charge in [0.15, 0.2) is 5.84 Å². The van der Waals surface area contributed by atoms with Gasteiger partial charge in [0.05, 0.1) is 11.7 Å².